The summed E-state index contributed by atoms with van der Waals surface area (Å²) < 4.78 is 36.6. The molecule has 0 saturated carbocycles. The van der Waals surface area contributed by atoms with Gasteiger partial charge in [0.05, 0.1) is 10.2 Å². The van der Waals surface area contributed by atoms with E-state index in [9.17, 15) is 13.8 Å². The van der Waals surface area contributed by atoms with E-state index in [-0.39, 0.29) is 16.0 Å². The molecule has 1 atom stereocenters. The second-order valence-electron chi connectivity index (χ2n) is 5.21. The van der Waals surface area contributed by atoms with E-state index in [1.54, 1.807) is 0 Å². The zero-order chi connectivity index (χ0) is 19.2. The maximum absolute atomic E-state index is 13.3. The number of amidine groups is 1. The summed E-state index contributed by atoms with van der Waals surface area (Å²) in [5.74, 6) is -0.416. The number of rotatable bonds is 7. The van der Waals surface area contributed by atoms with Crippen LogP contribution in [-0.2, 0) is 16.3 Å². The summed E-state index contributed by atoms with van der Waals surface area (Å²) in [5, 5.41) is 16.9. The van der Waals surface area contributed by atoms with Gasteiger partial charge in [0.1, 0.15) is 21.4 Å². The SMILES string of the molecule is CN=S(C)(=O)NCCCc1nonc1C(=Nc1ccc(F)c(Br)c1)NO. The lowest BCUT2D eigenvalue weighted by Gasteiger charge is -2.06. The zero-order valence-electron chi connectivity index (χ0n) is 14.1. The molecule has 2 aromatic rings. The van der Waals surface area contributed by atoms with Crippen molar-refractivity contribution >= 4 is 37.4 Å². The van der Waals surface area contributed by atoms with Gasteiger partial charge in [-0.1, -0.05) is 5.16 Å². The molecule has 0 radical (unpaired) electrons. The highest BCUT2D eigenvalue weighted by atomic mass is 79.9. The number of nitrogens with zero attached hydrogens (tertiary/aromatic N) is 4. The summed E-state index contributed by atoms with van der Waals surface area (Å²) in [7, 11) is -0.901. The molecule has 9 nitrogen and oxygen atoms in total. The third-order valence-electron chi connectivity index (χ3n) is 3.34. The van der Waals surface area contributed by atoms with Crippen LogP contribution < -0.4 is 10.2 Å². The minimum absolute atomic E-state index is 0.00978. The molecule has 26 heavy (non-hydrogen) atoms. The van der Waals surface area contributed by atoms with E-state index in [0.717, 1.165) is 0 Å². The molecule has 0 aliphatic carbocycles. The van der Waals surface area contributed by atoms with Gasteiger partial charge >= 0.3 is 0 Å². The molecular weight excluding hydrogens is 431 g/mol. The normalized spacial score (nSPS) is 14.1. The minimum Gasteiger partial charge on any atom is -0.290 e. The van der Waals surface area contributed by atoms with Crippen LogP contribution in [0.15, 0.2) is 36.7 Å². The van der Waals surface area contributed by atoms with Crippen molar-refractivity contribution in [2.75, 3.05) is 19.8 Å². The fraction of sp³-hybridized carbons (Fsp3) is 0.357. The fourth-order valence-corrected chi connectivity index (χ4v) is 2.97. The Hall–Kier alpha value is -1.89. The van der Waals surface area contributed by atoms with E-state index in [4.69, 9.17) is 4.63 Å². The molecule has 0 amide bonds. The molecule has 1 unspecified atom stereocenters. The van der Waals surface area contributed by atoms with E-state index >= 15 is 0 Å². The molecule has 142 valence electrons. The molecule has 1 heterocycles. The number of aryl methyl sites for hydroxylation is 1. The summed E-state index contributed by atoms with van der Waals surface area (Å²) in [6, 6.07) is 4.14. The number of hydrogen-bond donors (Lipinski definition) is 3. The Kier molecular flexibility index (Phi) is 7.20. The highest BCUT2D eigenvalue weighted by molar-refractivity contribution is 9.10. The Balaban J connectivity index is 2.12. The molecule has 0 spiro atoms. The van der Waals surface area contributed by atoms with Gasteiger partial charge in [-0.2, -0.15) is 0 Å². The van der Waals surface area contributed by atoms with Crippen molar-refractivity contribution in [2.24, 2.45) is 9.36 Å². The van der Waals surface area contributed by atoms with Gasteiger partial charge in [-0.15, -0.1) is 0 Å². The molecule has 0 bridgehead atoms. The molecule has 0 fully saturated rings. The van der Waals surface area contributed by atoms with Crippen LogP contribution in [0.5, 0.6) is 0 Å². The zero-order valence-corrected chi connectivity index (χ0v) is 16.5. The van der Waals surface area contributed by atoms with Crippen molar-refractivity contribution in [3.05, 3.63) is 39.9 Å². The molecule has 3 N–H and O–H groups in total. The monoisotopic (exact) mass is 448 g/mol. The maximum Gasteiger partial charge on any atom is 0.181 e. The molecule has 0 saturated heterocycles. The highest BCUT2D eigenvalue weighted by Crippen LogP contribution is 2.22. The van der Waals surface area contributed by atoms with Gasteiger partial charge < -0.3 is 0 Å². The molecule has 2 rings (SSSR count). The van der Waals surface area contributed by atoms with Crippen molar-refractivity contribution in [1.82, 2.24) is 20.5 Å². The molecule has 0 aliphatic heterocycles. The fourth-order valence-electron chi connectivity index (χ4n) is 1.95. The van der Waals surface area contributed by atoms with Crippen molar-refractivity contribution in [3.8, 4) is 0 Å². The number of benzene rings is 1. The van der Waals surface area contributed by atoms with Crippen LogP contribution in [0, 0.1) is 5.82 Å². The Bertz CT molecular complexity index is 910. The first-order valence-corrected chi connectivity index (χ1v) is 10.2. The van der Waals surface area contributed by atoms with E-state index < -0.39 is 15.7 Å². The summed E-state index contributed by atoms with van der Waals surface area (Å²) in [4.78, 5) is 4.18. The Morgan fingerprint density at radius 3 is 2.88 bits per heavy atom. The van der Waals surface area contributed by atoms with Crippen molar-refractivity contribution in [1.29, 1.82) is 0 Å². The summed E-state index contributed by atoms with van der Waals surface area (Å²) in [5.41, 5.74) is 3.03. The third-order valence-corrected chi connectivity index (χ3v) is 5.38. The average Bonchev–Trinajstić information content (AvgIpc) is 3.08. The lowest BCUT2D eigenvalue weighted by Crippen LogP contribution is -2.24. The van der Waals surface area contributed by atoms with Gasteiger partial charge in [0.15, 0.2) is 11.5 Å². The van der Waals surface area contributed by atoms with Gasteiger partial charge in [0.2, 0.25) is 0 Å². The minimum atomic E-state index is -2.39. The summed E-state index contributed by atoms with van der Waals surface area (Å²) >= 11 is 3.07. The topological polar surface area (TPSA) is 125 Å². The lowest BCUT2D eigenvalue weighted by molar-refractivity contribution is 0.234. The van der Waals surface area contributed by atoms with Gasteiger partial charge in [-0.3, -0.25) is 10.7 Å². The average molecular weight is 449 g/mol. The second kappa shape index (κ2) is 9.16. The van der Waals surface area contributed by atoms with Crippen LogP contribution in [0.3, 0.4) is 0 Å². The second-order valence-corrected chi connectivity index (χ2v) is 8.33. The van der Waals surface area contributed by atoms with E-state index in [1.807, 2.05) is 5.48 Å². The molecule has 1 aromatic carbocycles. The smallest absolute Gasteiger partial charge is 0.181 e. The molecular formula is C14H18BrFN6O3S. The van der Waals surface area contributed by atoms with Crippen LogP contribution in [0.25, 0.3) is 0 Å². The van der Waals surface area contributed by atoms with Gasteiger partial charge in [-0.25, -0.2) is 27.3 Å². The number of nitrogens with one attached hydrogen (secondary N) is 2. The molecule has 1 aromatic heterocycles. The highest BCUT2D eigenvalue weighted by Gasteiger charge is 2.16. The molecule has 0 aliphatic rings. The number of halogens is 2. The number of aliphatic imine (C=N–C) groups is 1. The predicted octanol–water partition coefficient (Wildman–Crippen LogP) is 2.19. The Morgan fingerprint density at radius 1 is 1.46 bits per heavy atom. The number of hydroxylamine groups is 1. The first-order chi connectivity index (χ1) is 12.4. The van der Waals surface area contributed by atoms with Crippen molar-refractivity contribution in [3.63, 3.8) is 0 Å². The quantitative estimate of drug-likeness (QED) is 0.258. The Labute approximate surface area is 158 Å². The first-order valence-electron chi connectivity index (χ1n) is 7.47. The summed E-state index contributed by atoms with van der Waals surface area (Å²) in [6.07, 6.45) is 2.54. The van der Waals surface area contributed by atoms with Gasteiger partial charge in [-0.05, 0) is 52.1 Å². The van der Waals surface area contributed by atoms with Crippen LogP contribution in [-0.4, -0.2) is 45.4 Å². The Morgan fingerprint density at radius 2 is 2.23 bits per heavy atom. The van der Waals surface area contributed by atoms with Crippen LogP contribution in [0.1, 0.15) is 17.8 Å². The number of aromatic nitrogens is 2. The van der Waals surface area contributed by atoms with Crippen molar-refractivity contribution in [2.45, 2.75) is 12.8 Å². The molecule has 12 heteroatoms. The van der Waals surface area contributed by atoms with Gasteiger partial charge in [0.25, 0.3) is 0 Å². The van der Waals surface area contributed by atoms with E-state index in [0.29, 0.717) is 30.8 Å². The largest absolute Gasteiger partial charge is 0.290 e. The third kappa shape index (κ3) is 5.56. The number of hydrogen-bond acceptors (Lipinski definition) is 7. The van der Waals surface area contributed by atoms with Crippen LogP contribution in [0.4, 0.5) is 10.1 Å². The van der Waals surface area contributed by atoms with Crippen LogP contribution >= 0.6 is 15.9 Å². The van der Waals surface area contributed by atoms with E-state index in [1.165, 1.54) is 31.5 Å². The summed E-state index contributed by atoms with van der Waals surface area (Å²) in [6.45, 7) is 0.447. The van der Waals surface area contributed by atoms with Gasteiger partial charge in [0, 0.05) is 19.8 Å². The maximum atomic E-state index is 13.3. The standard InChI is InChI=1S/C14H18BrFN6O3S/c1-17-26(2,24)18-7-3-4-12-13(22-25-21-12)14(20-23)19-9-5-6-11(16)10(15)8-9/h5-6,8,23H,3-4,7H2,1-2H3,(H,19,20)(H,17,18,24). The first kappa shape index (κ1) is 20.4. The predicted molar refractivity (Wildman–Crippen MR) is 98.3 cm³/mol. The lowest BCUT2D eigenvalue weighted by atomic mass is 10.2. The van der Waals surface area contributed by atoms with E-state index in [2.05, 4.69) is 40.3 Å². The van der Waals surface area contributed by atoms with Crippen molar-refractivity contribution < 1.29 is 18.4 Å². The van der Waals surface area contributed by atoms with Crippen LogP contribution in [0.2, 0.25) is 0 Å².